The number of allylic oxidation sites excluding steroid dienone is 12. The van der Waals surface area contributed by atoms with E-state index in [-0.39, 0.29) is 6.04 Å². The van der Waals surface area contributed by atoms with Crippen molar-refractivity contribution in [1.29, 1.82) is 0 Å². The molecule has 2 atom stereocenters. The summed E-state index contributed by atoms with van der Waals surface area (Å²) in [6, 6.07) is 41.6. The lowest BCUT2D eigenvalue weighted by molar-refractivity contribution is 0.773. The van der Waals surface area contributed by atoms with Gasteiger partial charge in [0.2, 0.25) is 0 Å². The smallest absolute Gasteiger partial charge is 0.0633 e. The standard InChI is InChI=1S/C59H48N2.C2H6/c1-5-8-9-18-41-34-43-20-14-24-51-47(28-29-48(41)58(43)51)42-19-13-21-45(35-42)61-56-32-27-40(37-53(56)59-50-23-12-17-38(4)46(50)30-33-57(59)61)39-26-31-55-52(36-39)49-22-10-11-25-54(49)60(55)44(15-6-2)16-7-3;1-2/h5-16,18-30,32-38,55H,2,17,31H2,1,3-4H3;1-2H3/b8-5-,16-7-,18-9-,44-15+;. The van der Waals surface area contributed by atoms with E-state index in [2.05, 4.69) is 219 Å². The first-order valence-electron chi connectivity index (χ1n) is 22.8. The molecule has 0 amide bonds. The average molecular weight is 815 g/mol. The summed E-state index contributed by atoms with van der Waals surface area (Å²) in [5.74, 6) is 0.474. The molecule has 1 aromatic heterocycles. The van der Waals surface area contributed by atoms with Gasteiger partial charge in [0.1, 0.15) is 0 Å². The summed E-state index contributed by atoms with van der Waals surface area (Å²) in [4.78, 5) is 2.49. The minimum Gasteiger partial charge on any atom is -0.333 e. The Kier molecular flexibility index (Phi) is 10.5. The molecule has 4 aliphatic rings. The van der Waals surface area contributed by atoms with Crippen molar-refractivity contribution in [2.75, 3.05) is 4.90 Å². The molecule has 11 rings (SSSR count). The third-order valence-electron chi connectivity index (χ3n) is 13.3. The minimum atomic E-state index is 0.233. The number of nitrogens with zero attached hydrogens (tertiary/aromatic N) is 2. The third kappa shape index (κ3) is 6.55. The summed E-state index contributed by atoms with van der Waals surface area (Å²) in [5, 5.41) is 5.25. The molecule has 0 bridgehead atoms. The lowest BCUT2D eigenvalue weighted by Gasteiger charge is -2.30. The summed E-state index contributed by atoms with van der Waals surface area (Å²) in [6.45, 7) is 14.5. The number of hydrogen-bond donors (Lipinski definition) is 0. The van der Waals surface area contributed by atoms with Gasteiger partial charge in [0.25, 0.3) is 0 Å². The molecule has 0 spiro atoms. The van der Waals surface area contributed by atoms with Crippen molar-refractivity contribution in [3.05, 3.63) is 222 Å². The first-order valence-corrected chi connectivity index (χ1v) is 22.8. The quantitative estimate of drug-likeness (QED) is 0.139. The summed E-state index contributed by atoms with van der Waals surface area (Å²) in [7, 11) is 0. The molecule has 1 aliphatic heterocycles. The predicted molar refractivity (Wildman–Crippen MR) is 275 cm³/mol. The lowest BCUT2D eigenvalue weighted by atomic mass is 9.85. The number of fused-ring (bicyclic) bond motifs is 8. The SMILES string of the molecule is C=C/C=C(\C=C/C)N1c2ccccc2C2=CC(c3ccc4c(c3)c3c5c(ccc3n4-c3cccc(-c4ccc6c7c(cccc47)C=C6/C=C\C=C/C)c3)C(C)CC=C5)=CCC21.CC. The van der Waals surface area contributed by atoms with Crippen molar-refractivity contribution in [2.24, 2.45) is 0 Å². The molecule has 0 fully saturated rings. The van der Waals surface area contributed by atoms with Crippen LogP contribution in [-0.2, 0) is 0 Å². The molecule has 63 heavy (non-hydrogen) atoms. The van der Waals surface area contributed by atoms with Crippen LogP contribution in [-0.4, -0.2) is 10.6 Å². The first-order chi connectivity index (χ1) is 31.1. The molecule has 7 aromatic rings. The highest BCUT2D eigenvalue weighted by atomic mass is 15.2. The fraction of sp³-hybridized carbons (Fsp3) is 0.148. The van der Waals surface area contributed by atoms with E-state index in [4.69, 9.17) is 0 Å². The highest BCUT2D eigenvalue weighted by molar-refractivity contribution is 6.16. The Morgan fingerprint density at radius 1 is 0.714 bits per heavy atom. The summed E-state index contributed by atoms with van der Waals surface area (Å²) >= 11 is 0. The van der Waals surface area contributed by atoms with Gasteiger partial charge in [-0.1, -0.05) is 155 Å². The summed E-state index contributed by atoms with van der Waals surface area (Å²) in [6.07, 6.45) is 30.8. The van der Waals surface area contributed by atoms with Crippen molar-refractivity contribution < 1.29 is 0 Å². The Balaban J connectivity index is 0.00000232. The zero-order chi connectivity index (χ0) is 43.2. The molecule has 2 nitrogen and oxygen atoms in total. The van der Waals surface area contributed by atoms with Gasteiger partial charge >= 0.3 is 0 Å². The van der Waals surface area contributed by atoms with E-state index >= 15 is 0 Å². The van der Waals surface area contributed by atoms with Gasteiger partial charge in [0.05, 0.1) is 17.1 Å². The van der Waals surface area contributed by atoms with Crippen LogP contribution >= 0.6 is 0 Å². The summed E-state index contributed by atoms with van der Waals surface area (Å²) in [5.41, 5.74) is 20.4. The molecule has 0 N–H and O–H groups in total. The number of hydrogen-bond acceptors (Lipinski definition) is 1. The van der Waals surface area contributed by atoms with Gasteiger partial charge in [0, 0.05) is 33.4 Å². The average Bonchev–Trinajstić information content (AvgIpc) is 3.98. The van der Waals surface area contributed by atoms with Crippen LogP contribution in [0.15, 0.2) is 188 Å². The van der Waals surface area contributed by atoms with Gasteiger partial charge in [-0.3, -0.25) is 0 Å². The Bertz CT molecular complexity index is 3250. The maximum absolute atomic E-state index is 4.04. The molecule has 0 saturated carbocycles. The van der Waals surface area contributed by atoms with Crippen molar-refractivity contribution in [3.8, 4) is 16.8 Å². The highest BCUT2D eigenvalue weighted by Gasteiger charge is 2.36. The van der Waals surface area contributed by atoms with E-state index in [1.807, 2.05) is 19.9 Å². The number of benzene rings is 6. The Labute approximate surface area is 372 Å². The van der Waals surface area contributed by atoms with Crippen LogP contribution in [0.1, 0.15) is 86.8 Å². The van der Waals surface area contributed by atoms with Gasteiger partial charge in [-0.15, -0.1) is 0 Å². The number of anilines is 1. The monoisotopic (exact) mass is 814 g/mol. The fourth-order valence-electron chi connectivity index (χ4n) is 10.6. The maximum atomic E-state index is 4.04. The van der Waals surface area contributed by atoms with E-state index in [0.29, 0.717) is 5.92 Å². The van der Waals surface area contributed by atoms with Gasteiger partial charge in [-0.25, -0.2) is 0 Å². The fourth-order valence-corrected chi connectivity index (χ4v) is 10.6. The molecular formula is C61H54N2. The van der Waals surface area contributed by atoms with Gasteiger partial charge in [0.15, 0.2) is 0 Å². The summed E-state index contributed by atoms with van der Waals surface area (Å²) < 4.78 is 2.50. The maximum Gasteiger partial charge on any atom is 0.0633 e. The van der Waals surface area contributed by atoms with E-state index in [9.17, 15) is 0 Å². The van der Waals surface area contributed by atoms with Crippen LogP contribution in [0.4, 0.5) is 5.69 Å². The van der Waals surface area contributed by atoms with Crippen LogP contribution in [0, 0.1) is 0 Å². The van der Waals surface area contributed by atoms with Crippen LogP contribution in [0.5, 0.6) is 0 Å². The van der Waals surface area contributed by atoms with Gasteiger partial charge in [-0.2, -0.15) is 0 Å². The van der Waals surface area contributed by atoms with Crippen molar-refractivity contribution >= 4 is 67.1 Å². The molecule has 2 heterocycles. The largest absolute Gasteiger partial charge is 0.333 e. The molecule has 2 unspecified atom stereocenters. The second kappa shape index (κ2) is 16.6. The van der Waals surface area contributed by atoms with Crippen LogP contribution < -0.4 is 4.90 Å². The Hall–Kier alpha value is -7.16. The van der Waals surface area contributed by atoms with Gasteiger partial charge in [-0.05, 0) is 160 Å². The molecule has 3 aliphatic carbocycles. The molecule has 0 radical (unpaired) electrons. The number of para-hydroxylation sites is 1. The van der Waals surface area contributed by atoms with Crippen LogP contribution in [0.25, 0.3) is 78.3 Å². The predicted octanol–water partition coefficient (Wildman–Crippen LogP) is 16.8. The van der Waals surface area contributed by atoms with E-state index in [0.717, 1.165) is 18.5 Å². The minimum absolute atomic E-state index is 0.233. The normalized spacial score (nSPS) is 17.6. The Morgan fingerprint density at radius 2 is 1.56 bits per heavy atom. The first kappa shape index (κ1) is 39.9. The molecule has 0 saturated heterocycles. The van der Waals surface area contributed by atoms with Crippen molar-refractivity contribution in [2.45, 2.75) is 59.4 Å². The van der Waals surface area contributed by atoms with E-state index in [1.165, 1.54) is 105 Å². The second-order valence-electron chi connectivity index (χ2n) is 16.8. The zero-order valence-corrected chi connectivity index (χ0v) is 37.1. The zero-order valence-electron chi connectivity index (χ0n) is 37.1. The van der Waals surface area contributed by atoms with E-state index < -0.39 is 0 Å². The Morgan fingerprint density at radius 3 is 2.41 bits per heavy atom. The third-order valence-corrected chi connectivity index (χ3v) is 13.3. The number of rotatable bonds is 8. The van der Waals surface area contributed by atoms with Crippen LogP contribution in [0.3, 0.4) is 0 Å². The van der Waals surface area contributed by atoms with Gasteiger partial charge < -0.3 is 9.47 Å². The van der Waals surface area contributed by atoms with Crippen molar-refractivity contribution in [1.82, 2.24) is 4.57 Å². The second-order valence-corrected chi connectivity index (χ2v) is 16.8. The topological polar surface area (TPSA) is 8.17 Å². The number of aromatic nitrogens is 1. The molecular weight excluding hydrogens is 761 g/mol. The van der Waals surface area contributed by atoms with Crippen LogP contribution in [0.2, 0.25) is 0 Å². The molecule has 2 heteroatoms. The lowest BCUT2D eigenvalue weighted by Crippen LogP contribution is -2.30. The van der Waals surface area contributed by atoms with Crippen molar-refractivity contribution in [3.63, 3.8) is 0 Å². The molecule has 308 valence electrons. The highest BCUT2D eigenvalue weighted by Crippen LogP contribution is 2.49. The van der Waals surface area contributed by atoms with E-state index in [1.54, 1.807) is 0 Å². The molecule has 6 aromatic carbocycles.